The van der Waals surface area contributed by atoms with Crippen molar-refractivity contribution in [2.24, 2.45) is 16.5 Å². The lowest BCUT2D eigenvalue weighted by atomic mass is 9.91. The number of aryl methyl sites for hydroxylation is 1. The molecule has 0 saturated heterocycles. The highest BCUT2D eigenvalue weighted by Crippen LogP contribution is 2.29. The van der Waals surface area contributed by atoms with Gasteiger partial charge in [-0.25, -0.2) is 0 Å². The zero-order valence-corrected chi connectivity index (χ0v) is 13.0. The van der Waals surface area contributed by atoms with Gasteiger partial charge in [0, 0.05) is 5.02 Å². The van der Waals surface area contributed by atoms with Crippen LogP contribution in [0.5, 0.6) is 0 Å². The van der Waals surface area contributed by atoms with Crippen molar-refractivity contribution in [1.82, 2.24) is 0 Å². The van der Waals surface area contributed by atoms with Crippen molar-refractivity contribution in [2.75, 3.05) is 0 Å². The largest absolute Gasteiger partial charge is 0.370 e. The Hall–Kier alpha value is -2.33. The highest BCUT2D eigenvalue weighted by Gasteiger charge is 2.23. The van der Waals surface area contributed by atoms with Crippen LogP contribution in [0.15, 0.2) is 53.5 Å². The number of rotatable bonds is 4. The monoisotopic (exact) mass is 315 g/mol. The fraction of sp³-hybridized carbons (Fsp3) is 0.176. The van der Waals surface area contributed by atoms with Gasteiger partial charge in [-0.3, -0.25) is 4.79 Å². The van der Waals surface area contributed by atoms with Gasteiger partial charge < -0.3 is 11.5 Å². The Balaban J connectivity index is 2.40. The molecule has 0 fully saturated rings. The molecule has 0 saturated carbocycles. The summed E-state index contributed by atoms with van der Waals surface area (Å²) in [7, 11) is 0. The smallest absolute Gasteiger partial charge is 0.256 e. The number of nitrogens with two attached hydrogens (primary N) is 2. The van der Waals surface area contributed by atoms with Gasteiger partial charge in [0.25, 0.3) is 5.91 Å². The highest BCUT2D eigenvalue weighted by molar-refractivity contribution is 6.31. The molecular formula is C17H18ClN3O. The molecular weight excluding hydrogens is 298 g/mol. The molecule has 5 heteroatoms. The van der Waals surface area contributed by atoms with E-state index in [1.54, 1.807) is 6.07 Å². The Morgan fingerprint density at radius 1 is 1.18 bits per heavy atom. The fourth-order valence-electron chi connectivity index (χ4n) is 2.37. The summed E-state index contributed by atoms with van der Waals surface area (Å²) < 4.78 is 0. The van der Waals surface area contributed by atoms with Gasteiger partial charge in [0.05, 0.1) is 5.92 Å². The summed E-state index contributed by atoms with van der Waals surface area (Å²) in [6.07, 6.45) is 0.487. The molecule has 114 valence electrons. The van der Waals surface area contributed by atoms with E-state index in [2.05, 4.69) is 4.99 Å². The van der Waals surface area contributed by atoms with E-state index in [9.17, 15) is 4.79 Å². The van der Waals surface area contributed by atoms with Gasteiger partial charge in [-0.2, -0.15) is 4.99 Å². The maximum atomic E-state index is 12.4. The van der Waals surface area contributed by atoms with Gasteiger partial charge in [0.2, 0.25) is 0 Å². The molecule has 2 aromatic carbocycles. The van der Waals surface area contributed by atoms with Gasteiger partial charge in [-0.15, -0.1) is 0 Å². The fourth-order valence-corrected chi connectivity index (χ4v) is 2.64. The number of benzene rings is 2. The van der Waals surface area contributed by atoms with E-state index in [0.717, 1.165) is 16.7 Å². The molecule has 0 radical (unpaired) electrons. The average molecular weight is 316 g/mol. The first kappa shape index (κ1) is 16.0. The minimum Gasteiger partial charge on any atom is -0.370 e. The SMILES string of the molecule is Cc1cccc(C[C@H](C(=O)N=C(N)N)c2ccccc2Cl)c1. The maximum Gasteiger partial charge on any atom is 0.256 e. The molecule has 0 aromatic heterocycles. The van der Waals surface area contributed by atoms with Crippen molar-refractivity contribution in [3.05, 3.63) is 70.2 Å². The Morgan fingerprint density at radius 3 is 2.55 bits per heavy atom. The van der Waals surface area contributed by atoms with Gasteiger partial charge in [-0.05, 0) is 30.5 Å². The van der Waals surface area contributed by atoms with Gasteiger partial charge in [-0.1, -0.05) is 59.6 Å². The molecule has 4 N–H and O–H groups in total. The van der Waals surface area contributed by atoms with E-state index in [4.69, 9.17) is 23.1 Å². The Bertz CT molecular complexity index is 709. The topological polar surface area (TPSA) is 81.5 Å². The normalized spacial score (nSPS) is 11.7. The second-order valence-corrected chi connectivity index (χ2v) is 5.55. The Morgan fingerprint density at radius 2 is 1.91 bits per heavy atom. The Labute approximate surface area is 134 Å². The van der Waals surface area contributed by atoms with Crippen molar-refractivity contribution >= 4 is 23.5 Å². The molecule has 1 atom stereocenters. The number of amides is 1. The van der Waals surface area contributed by atoms with Crippen LogP contribution < -0.4 is 11.5 Å². The summed E-state index contributed by atoms with van der Waals surface area (Å²) in [6, 6.07) is 15.2. The molecule has 0 aliphatic carbocycles. The molecule has 0 bridgehead atoms. The first-order chi connectivity index (χ1) is 10.5. The molecule has 0 heterocycles. The number of hydrogen-bond acceptors (Lipinski definition) is 1. The summed E-state index contributed by atoms with van der Waals surface area (Å²) in [5.41, 5.74) is 13.6. The Kier molecular flexibility index (Phi) is 5.17. The van der Waals surface area contributed by atoms with Crippen LogP contribution in [0.2, 0.25) is 5.02 Å². The van der Waals surface area contributed by atoms with Gasteiger partial charge in [0.1, 0.15) is 0 Å². The third-order valence-corrected chi connectivity index (χ3v) is 3.68. The molecule has 1 amide bonds. The molecule has 4 nitrogen and oxygen atoms in total. The zero-order chi connectivity index (χ0) is 16.1. The van der Waals surface area contributed by atoms with Crippen LogP contribution in [0.25, 0.3) is 0 Å². The zero-order valence-electron chi connectivity index (χ0n) is 12.3. The first-order valence-corrected chi connectivity index (χ1v) is 7.28. The number of carbonyl (C=O) groups excluding carboxylic acids is 1. The van der Waals surface area contributed by atoms with E-state index < -0.39 is 11.8 Å². The number of guanidine groups is 1. The highest BCUT2D eigenvalue weighted by atomic mass is 35.5. The van der Waals surface area contributed by atoms with Crippen LogP contribution in [-0.4, -0.2) is 11.9 Å². The molecule has 0 unspecified atom stereocenters. The predicted molar refractivity (Wildman–Crippen MR) is 89.9 cm³/mol. The summed E-state index contributed by atoms with van der Waals surface area (Å²) in [5.74, 6) is -1.15. The minimum atomic E-state index is -0.516. The van der Waals surface area contributed by atoms with Crippen LogP contribution in [0.1, 0.15) is 22.6 Å². The number of carbonyl (C=O) groups is 1. The summed E-state index contributed by atoms with van der Waals surface area (Å²) in [4.78, 5) is 16.1. The van der Waals surface area contributed by atoms with E-state index in [0.29, 0.717) is 11.4 Å². The molecule has 0 spiro atoms. The molecule has 0 aliphatic rings. The number of aliphatic imine (C=N–C) groups is 1. The summed E-state index contributed by atoms with van der Waals surface area (Å²) in [5, 5.41) is 0.527. The number of hydrogen-bond donors (Lipinski definition) is 2. The lowest BCUT2D eigenvalue weighted by Gasteiger charge is -2.16. The summed E-state index contributed by atoms with van der Waals surface area (Å²) >= 11 is 6.23. The van der Waals surface area contributed by atoms with Crippen LogP contribution in [0.4, 0.5) is 0 Å². The second kappa shape index (κ2) is 7.09. The van der Waals surface area contributed by atoms with E-state index in [-0.39, 0.29) is 5.96 Å². The van der Waals surface area contributed by atoms with Crippen LogP contribution >= 0.6 is 11.6 Å². The lowest BCUT2D eigenvalue weighted by Crippen LogP contribution is -2.26. The maximum absolute atomic E-state index is 12.4. The number of nitrogens with zero attached hydrogens (tertiary/aromatic N) is 1. The van der Waals surface area contributed by atoms with E-state index >= 15 is 0 Å². The average Bonchev–Trinajstić information content (AvgIpc) is 2.45. The van der Waals surface area contributed by atoms with Crippen LogP contribution in [-0.2, 0) is 11.2 Å². The molecule has 2 rings (SSSR count). The van der Waals surface area contributed by atoms with Crippen molar-refractivity contribution in [3.63, 3.8) is 0 Å². The van der Waals surface area contributed by atoms with Crippen molar-refractivity contribution < 1.29 is 4.79 Å². The molecule has 0 aliphatic heterocycles. The lowest BCUT2D eigenvalue weighted by molar-refractivity contribution is -0.119. The minimum absolute atomic E-state index is 0.244. The van der Waals surface area contributed by atoms with Crippen molar-refractivity contribution in [1.29, 1.82) is 0 Å². The third-order valence-electron chi connectivity index (χ3n) is 3.34. The quantitative estimate of drug-likeness (QED) is 0.672. The van der Waals surface area contributed by atoms with Crippen LogP contribution in [0, 0.1) is 6.92 Å². The van der Waals surface area contributed by atoms with E-state index in [1.165, 1.54) is 0 Å². The third kappa shape index (κ3) is 4.09. The van der Waals surface area contributed by atoms with Crippen molar-refractivity contribution in [2.45, 2.75) is 19.3 Å². The second-order valence-electron chi connectivity index (χ2n) is 5.14. The summed E-state index contributed by atoms with van der Waals surface area (Å²) in [6.45, 7) is 2.01. The standard InChI is InChI=1S/C17H18ClN3O/c1-11-5-4-6-12(9-11)10-14(16(22)21-17(19)20)13-7-2-3-8-15(13)18/h2-9,14H,10H2,1H3,(H4,19,20,21,22)/t14-/m0/s1. The van der Waals surface area contributed by atoms with Gasteiger partial charge >= 0.3 is 0 Å². The van der Waals surface area contributed by atoms with Crippen molar-refractivity contribution in [3.8, 4) is 0 Å². The number of halogens is 1. The first-order valence-electron chi connectivity index (χ1n) is 6.91. The van der Waals surface area contributed by atoms with Gasteiger partial charge in [0.15, 0.2) is 5.96 Å². The van der Waals surface area contributed by atoms with E-state index in [1.807, 2.05) is 49.4 Å². The molecule has 22 heavy (non-hydrogen) atoms. The van der Waals surface area contributed by atoms with Crippen LogP contribution in [0.3, 0.4) is 0 Å². The predicted octanol–water partition coefficient (Wildman–Crippen LogP) is 2.77. The molecule has 2 aromatic rings.